The van der Waals surface area contributed by atoms with Crippen LogP contribution in [0.2, 0.25) is 5.02 Å². The van der Waals surface area contributed by atoms with E-state index in [1.165, 1.54) is 13.8 Å². The minimum absolute atomic E-state index is 0.0538. The van der Waals surface area contributed by atoms with Crippen molar-refractivity contribution in [1.82, 2.24) is 20.0 Å². The number of pyridine rings is 1. The Morgan fingerprint density at radius 3 is 2.27 bits per heavy atom. The zero-order chi connectivity index (χ0) is 35.7. The van der Waals surface area contributed by atoms with Gasteiger partial charge in [-0.3, -0.25) is 14.4 Å². The van der Waals surface area contributed by atoms with E-state index in [0.29, 0.717) is 28.3 Å². The molecule has 2 heterocycles. The van der Waals surface area contributed by atoms with Gasteiger partial charge in [-0.25, -0.2) is 4.98 Å². The number of fused-ring (bicyclic) bond motifs is 1. The van der Waals surface area contributed by atoms with Gasteiger partial charge in [0.1, 0.15) is 11.4 Å². The summed E-state index contributed by atoms with van der Waals surface area (Å²) < 4.78 is 8.52. The van der Waals surface area contributed by atoms with E-state index in [9.17, 15) is 19.5 Å². The Morgan fingerprint density at radius 2 is 1.69 bits per heavy atom. The number of benzene rings is 3. The summed E-state index contributed by atoms with van der Waals surface area (Å²) >= 11 is 9.87. The smallest absolute Gasteiger partial charge is 0.251 e. The van der Waals surface area contributed by atoms with Crippen molar-refractivity contribution in [2.75, 3.05) is 6.54 Å². The third-order valence-electron chi connectivity index (χ3n) is 7.18. The molecule has 0 radical (unpaired) electrons. The van der Waals surface area contributed by atoms with Crippen molar-refractivity contribution in [3.05, 3.63) is 124 Å². The molecule has 49 heavy (non-hydrogen) atoms. The molecule has 2 aromatic heterocycles. The number of hydrogen-bond acceptors (Lipinski definition) is 6. The highest BCUT2D eigenvalue weighted by atomic mass is 79.9. The quantitative estimate of drug-likeness (QED) is 0.126. The zero-order valence-corrected chi connectivity index (χ0v) is 30.0. The molecule has 12 heteroatoms. The van der Waals surface area contributed by atoms with Gasteiger partial charge in [-0.15, -0.1) is 0 Å². The van der Waals surface area contributed by atoms with Crippen molar-refractivity contribution in [1.29, 1.82) is 0 Å². The van der Waals surface area contributed by atoms with Crippen molar-refractivity contribution >= 4 is 50.9 Å². The average Bonchev–Trinajstić information content (AvgIpc) is 3.50. The van der Waals surface area contributed by atoms with Gasteiger partial charge < -0.3 is 30.6 Å². The van der Waals surface area contributed by atoms with E-state index >= 15 is 0 Å². The standard InChI is InChI=1S/C30H32BrClN4O4.C7H7NO/c1-18(2)40-26-12-11-21(15-24(26)32)28(37)34-22(16-33-29(38)30(3,4)39)14-19-7-9-20(10-8-19)25-17-36-13-5-6-23(31)27(36)35-25;8-7(9)6-4-2-1-3-5-6/h5-13,15,17-18,22,39H,14,16H2,1-4H3,(H,33,38)(H,34,37);1-5H,(H2,8,9). The van der Waals surface area contributed by atoms with Crippen molar-refractivity contribution in [2.24, 2.45) is 5.73 Å². The monoisotopic (exact) mass is 747 g/mol. The first kappa shape index (κ1) is 37.1. The van der Waals surface area contributed by atoms with Gasteiger partial charge in [0.15, 0.2) is 5.65 Å². The molecule has 256 valence electrons. The Balaban J connectivity index is 0.000000520. The molecule has 0 saturated heterocycles. The molecular formula is C37H39BrClN5O5. The Hall–Kier alpha value is -4.71. The Labute approximate surface area is 298 Å². The summed E-state index contributed by atoms with van der Waals surface area (Å²) in [6.07, 6.45) is 4.30. The van der Waals surface area contributed by atoms with Gasteiger partial charge in [0.25, 0.3) is 11.8 Å². The van der Waals surface area contributed by atoms with Gasteiger partial charge in [0.05, 0.1) is 27.3 Å². The molecule has 10 nitrogen and oxygen atoms in total. The maximum absolute atomic E-state index is 13.1. The highest BCUT2D eigenvalue weighted by molar-refractivity contribution is 9.10. The lowest BCUT2D eigenvalue weighted by molar-refractivity contribution is -0.136. The molecule has 0 aliphatic rings. The number of ether oxygens (including phenoxy) is 1. The summed E-state index contributed by atoms with van der Waals surface area (Å²) in [5.41, 5.74) is 7.93. The van der Waals surface area contributed by atoms with Crippen LogP contribution in [0.1, 0.15) is 54.0 Å². The molecule has 0 saturated carbocycles. The van der Waals surface area contributed by atoms with Gasteiger partial charge in [0, 0.05) is 35.6 Å². The predicted octanol–water partition coefficient (Wildman–Crippen LogP) is 6.22. The van der Waals surface area contributed by atoms with Crippen LogP contribution in [0.4, 0.5) is 0 Å². The van der Waals surface area contributed by atoms with E-state index in [4.69, 9.17) is 27.1 Å². The number of nitrogens with zero attached hydrogens (tertiary/aromatic N) is 2. The highest BCUT2D eigenvalue weighted by Gasteiger charge is 2.25. The Bertz CT molecular complexity index is 1910. The maximum Gasteiger partial charge on any atom is 0.251 e. The second-order valence-electron chi connectivity index (χ2n) is 12.1. The second-order valence-corrected chi connectivity index (χ2v) is 13.4. The molecule has 5 rings (SSSR count). The van der Waals surface area contributed by atoms with Crippen LogP contribution in [0.15, 0.2) is 102 Å². The zero-order valence-electron chi connectivity index (χ0n) is 27.6. The Kier molecular flexibility index (Phi) is 12.6. The van der Waals surface area contributed by atoms with Crippen LogP contribution in [-0.4, -0.2) is 56.5 Å². The van der Waals surface area contributed by atoms with E-state index in [1.807, 2.05) is 73.1 Å². The third kappa shape index (κ3) is 10.6. The normalized spacial score (nSPS) is 11.8. The number of halogens is 2. The van der Waals surface area contributed by atoms with Gasteiger partial charge in [0.2, 0.25) is 5.91 Å². The molecule has 5 N–H and O–H groups in total. The first-order chi connectivity index (χ1) is 23.2. The number of aromatic nitrogens is 2. The predicted molar refractivity (Wildman–Crippen MR) is 195 cm³/mol. The van der Waals surface area contributed by atoms with Crippen molar-refractivity contribution in [3.8, 4) is 17.0 Å². The molecule has 0 spiro atoms. The fraction of sp³-hybridized carbons (Fsp3) is 0.243. The van der Waals surface area contributed by atoms with Crippen LogP contribution in [0.5, 0.6) is 5.75 Å². The Morgan fingerprint density at radius 1 is 1.00 bits per heavy atom. The van der Waals surface area contributed by atoms with Gasteiger partial charge in [-0.2, -0.15) is 0 Å². The number of carbonyl (C=O) groups excluding carboxylic acids is 3. The first-order valence-electron chi connectivity index (χ1n) is 15.6. The number of carbonyl (C=O) groups is 3. The largest absolute Gasteiger partial charge is 0.489 e. The number of nitrogens with two attached hydrogens (primary N) is 1. The molecule has 0 bridgehead atoms. The number of nitrogens with one attached hydrogen (secondary N) is 2. The lowest BCUT2D eigenvalue weighted by atomic mass is 10.0. The topological polar surface area (TPSA) is 148 Å². The summed E-state index contributed by atoms with van der Waals surface area (Å²) in [6, 6.07) is 25.0. The maximum atomic E-state index is 13.1. The minimum Gasteiger partial charge on any atom is -0.489 e. The van der Waals surface area contributed by atoms with Crippen molar-refractivity contribution in [2.45, 2.75) is 51.9 Å². The summed E-state index contributed by atoms with van der Waals surface area (Å²) in [5.74, 6) is -0.749. The summed E-state index contributed by atoms with van der Waals surface area (Å²) in [7, 11) is 0. The number of aliphatic hydroxyl groups is 1. The van der Waals surface area contributed by atoms with Gasteiger partial charge >= 0.3 is 0 Å². The molecule has 1 unspecified atom stereocenters. The lowest BCUT2D eigenvalue weighted by Gasteiger charge is -2.23. The molecule has 1 atom stereocenters. The number of rotatable bonds is 11. The van der Waals surface area contributed by atoms with E-state index in [2.05, 4.69) is 26.6 Å². The van der Waals surface area contributed by atoms with E-state index in [0.717, 1.165) is 26.9 Å². The molecule has 5 aromatic rings. The lowest BCUT2D eigenvalue weighted by Crippen LogP contribution is -2.49. The van der Waals surface area contributed by atoms with Gasteiger partial charge in [-0.1, -0.05) is 54.1 Å². The fourth-order valence-electron chi connectivity index (χ4n) is 4.68. The van der Waals surface area contributed by atoms with Crippen LogP contribution < -0.4 is 21.1 Å². The first-order valence-corrected chi connectivity index (χ1v) is 16.7. The third-order valence-corrected chi connectivity index (χ3v) is 8.10. The number of primary amides is 1. The molecule has 3 amide bonds. The van der Waals surface area contributed by atoms with E-state index < -0.39 is 17.6 Å². The molecule has 0 fully saturated rings. The number of amides is 3. The summed E-state index contributed by atoms with van der Waals surface area (Å²) in [5, 5.41) is 16.1. The average molecular weight is 749 g/mol. The van der Waals surface area contributed by atoms with Crippen molar-refractivity contribution in [3.63, 3.8) is 0 Å². The SMILES string of the molecule is CC(C)Oc1ccc(C(=O)NC(CNC(=O)C(C)(C)O)Cc2ccc(-c3cn4cccc(Br)c4n3)cc2)cc1Cl.NC(=O)c1ccccc1. The molecule has 3 aromatic carbocycles. The van der Waals surface area contributed by atoms with Crippen LogP contribution in [0.3, 0.4) is 0 Å². The fourth-order valence-corrected chi connectivity index (χ4v) is 5.35. The minimum atomic E-state index is -1.54. The van der Waals surface area contributed by atoms with Gasteiger partial charge in [-0.05, 0) is 98.1 Å². The summed E-state index contributed by atoms with van der Waals surface area (Å²) in [4.78, 5) is 40.6. The number of hydrogen-bond donors (Lipinski definition) is 4. The molecular weight excluding hydrogens is 710 g/mol. The molecule has 0 aliphatic heterocycles. The highest BCUT2D eigenvalue weighted by Crippen LogP contribution is 2.27. The van der Waals surface area contributed by atoms with Crippen LogP contribution in [0, 0.1) is 0 Å². The van der Waals surface area contributed by atoms with Crippen LogP contribution >= 0.6 is 27.5 Å². The van der Waals surface area contributed by atoms with Crippen LogP contribution in [-0.2, 0) is 11.2 Å². The second kappa shape index (κ2) is 16.6. The summed E-state index contributed by atoms with van der Waals surface area (Å²) in [6.45, 7) is 6.74. The van der Waals surface area contributed by atoms with Crippen molar-refractivity contribution < 1.29 is 24.2 Å². The van der Waals surface area contributed by atoms with E-state index in [-0.39, 0.29) is 24.5 Å². The van der Waals surface area contributed by atoms with E-state index in [1.54, 1.807) is 42.5 Å². The number of imidazole rings is 1. The molecule has 0 aliphatic carbocycles. The van der Waals surface area contributed by atoms with Crippen LogP contribution in [0.25, 0.3) is 16.9 Å².